The first kappa shape index (κ1) is 9.05. The van der Waals surface area contributed by atoms with Gasteiger partial charge in [0.25, 0.3) is 5.78 Å². The van der Waals surface area contributed by atoms with Crippen LogP contribution in [0.1, 0.15) is 10.4 Å². The molecule has 0 radical (unpaired) electrons. The fourth-order valence-corrected chi connectivity index (χ4v) is 1.44. The van der Waals surface area contributed by atoms with Gasteiger partial charge in [-0.1, -0.05) is 0 Å². The Kier molecular flexibility index (Phi) is 1.61. The van der Waals surface area contributed by atoms with Gasteiger partial charge in [-0.25, -0.2) is 4.39 Å². The summed E-state index contributed by atoms with van der Waals surface area (Å²) in [5, 5.41) is 0. The molecular weight excluding hydrogens is 195 g/mol. The molecule has 0 saturated carbocycles. The molecule has 0 aliphatic carbocycles. The van der Waals surface area contributed by atoms with Gasteiger partial charge in [0.05, 0.1) is 5.69 Å². The SMILES string of the molecule is CN1c2cc(F)ccc2C(=O)C1(F)F. The average molecular weight is 201 g/mol. The number of nitrogens with zero attached hydrogens (tertiary/aromatic N) is 1. The Morgan fingerprint density at radius 1 is 1.36 bits per heavy atom. The van der Waals surface area contributed by atoms with Crippen LogP contribution >= 0.6 is 0 Å². The van der Waals surface area contributed by atoms with Gasteiger partial charge in [0, 0.05) is 12.6 Å². The molecule has 1 aromatic rings. The van der Waals surface area contributed by atoms with Crippen LogP contribution in [0.3, 0.4) is 0 Å². The quantitative estimate of drug-likeness (QED) is 0.599. The first-order chi connectivity index (χ1) is 6.44. The highest BCUT2D eigenvalue weighted by molar-refractivity contribution is 6.11. The van der Waals surface area contributed by atoms with Crippen LogP contribution in [0.25, 0.3) is 0 Å². The molecule has 5 heteroatoms. The molecule has 0 atom stereocenters. The number of ketones is 1. The number of alkyl halides is 2. The Morgan fingerprint density at radius 3 is 2.64 bits per heavy atom. The molecule has 1 aromatic carbocycles. The van der Waals surface area contributed by atoms with Crippen molar-refractivity contribution in [1.82, 2.24) is 0 Å². The second-order valence-corrected chi connectivity index (χ2v) is 3.09. The third-order valence-electron chi connectivity index (χ3n) is 2.26. The van der Waals surface area contributed by atoms with E-state index >= 15 is 0 Å². The minimum Gasteiger partial charge on any atom is -0.309 e. The summed E-state index contributed by atoms with van der Waals surface area (Å²) in [7, 11) is 1.06. The van der Waals surface area contributed by atoms with Gasteiger partial charge in [-0.2, -0.15) is 8.78 Å². The first-order valence-electron chi connectivity index (χ1n) is 3.90. The van der Waals surface area contributed by atoms with E-state index in [1.807, 2.05) is 0 Å². The summed E-state index contributed by atoms with van der Waals surface area (Å²) < 4.78 is 39.0. The smallest absolute Gasteiger partial charge is 0.309 e. The second kappa shape index (κ2) is 2.50. The Labute approximate surface area is 77.9 Å². The lowest BCUT2D eigenvalue weighted by molar-refractivity contribution is 0.0166. The highest BCUT2D eigenvalue weighted by Crippen LogP contribution is 2.39. The lowest BCUT2D eigenvalue weighted by Gasteiger charge is -2.19. The molecule has 0 spiro atoms. The summed E-state index contributed by atoms with van der Waals surface area (Å²) in [4.78, 5) is 11.6. The van der Waals surface area contributed by atoms with Gasteiger partial charge in [0.15, 0.2) is 0 Å². The first-order valence-corrected chi connectivity index (χ1v) is 3.90. The number of halogens is 3. The number of fused-ring (bicyclic) bond motifs is 1. The van der Waals surface area contributed by atoms with Crippen LogP contribution in [0.15, 0.2) is 18.2 Å². The number of carbonyl (C=O) groups is 1. The highest BCUT2D eigenvalue weighted by Gasteiger charge is 2.51. The maximum atomic E-state index is 13.1. The number of anilines is 1. The molecule has 0 fully saturated rings. The number of hydrogen-bond donors (Lipinski definition) is 0. The molecule has 2 rings (SSSR count). The topological polar surface area (TPSA) is 20.3 Å². The van der Waals surface area contributed by atoms with E-state index in [2.05, 4.69) is 0 Å². The Balaban J connectivity index is 2.65. The highest BCUT2D eigenvalue weighted by atomic mass is 19.3. The van der Waals surface area contributed by atoms with E-state index < -0.39 is 17.6 Å². The summed E-state index contributed by atoms with van der Waals surface area (Å²) >= 11 is 0. The molecule has 14 heavy (non-hydrogen) atoms. The molecule has 0 saturated heterocycles. The maximum Gasteiger partial charge on any atom is 0.389 e. The molecule has 0 unspecified atom stereocenters. The summed E-state index contributed by atoms with van der Waals surface area (Å²) in [6.07, 6.45) is 0. The minimum absolute atomic E-state index is 0.0694. The van der Waals surface area contributed by atoms with E-state index in [9.17, 15) is 18.0 Å². The van der Waals surface area contributed by atoms with E-state index in [1.54, 1.807) is 0 Å². The van der Waals surface area contributed by atoms with Crippen LogP contribution in [0.2, 0.25) is 0 Å². The van der Waals surface area contributed by atoms with Crippen molar-refractivity contribution in [2.75, 3.05) is 11.9 Å². The molecule has 2 nitrogen and oxygen atoms in total. The number of benzene rings is 1. The molecule has 1 aliphatic rings. The van der Waals surface area contributed by atoms with Crippen LogP contribution < -0.4 is 4.90 Å². The van der Waals surface area contributed by atoms with E-state index in [1.165, 1.54) is 0 Å². The van der Waals surface area contributed by atoms with Gasteiger partial charge in [0.2, 0.25) is 0 Å². The van der Waals surface area contributed by atoms with Crippen LogP contribution in [0.5, 0.6) is 0 Å². The van der Waals surface area contributed by atoms with Crippen molar-refractivity contribution in [2.45, 2.75) is 6.05 Å². The molecule has 74 valence electrons. The van der Waals surface area contributed by atoms with Gasteiger partial charge < -0.3 is 4.90 Å². The Hall–Kier alpha value is -1.52. The lowest BCUT2D eigenvalue weighted by atomic mass is 10.1. The van der Waals surface area contributed by atoms with Crippen molar-refractivity contribution in [1.29, 1.82) is 0 Å². The van der Waals surface area contributed by atoms with Crippen molar-refractivity contribution < 1.29 is 18.0 Å². The number of rotatable bonds is 0. The van der Waals surface area contributed by atoms with Gasteiger partial charge in [-0.05, 0) is 18.2 Å². The number of carbonyl (C=O) groups excluding carboxylic acids is 1. The zero-order chi connectivity index (χ0) is 10.5. The van der Waals surface area contributed by atoms with E-state index in [-0.39, 0.29) is 11.3 Å². The summed E-state index contributed by atoms with van der Waals surface area (Å²) in [5.74, 6) is -1.92. The molecule has 0 amide bonds. The fraction of sp³-hybridized carbons (Fsp3) is 0.222. The van der Waals surface area contributed by atoms with Crippen LogP contribution in [-0.2, 0) is 0 Å². The van der Waals surface area contributed by atoms with Crippen LogP contribution in [-0.4, -0.2) is 18.9 Å². The largest absolute Gasteiger partial charge is 0.389 e. The molecule has 1 aliphatic heterocycles. The van der Waals surface area contributed by atoms with Gasteiger partial charge >= 0.3 is 6.05 Å². The van der Waals surface area contributed by atoms with E-state index in [0.29, 0.717) is 4.90 Å². The summed E-state index contributed by atoms with van der Waals surface area (Å²) in [6, 6.07) is -0.569. The Bertz CT molecular complexity index is 417. The number of Topliss-reactive ketones (excluding diaryl/α,β-unsaturated/α-hetero) is 1. The second-order valence-electron chi connectivity index (χ2n) is 3.09. The fourth-order valence-electron chi connectivity index (χ4n) is 1.44. The number of hydrogen-bond acceptors (Lipinski definition) is 2. The zero-order valence-electron chi connectivity index (χ0n) is 7.22. The molecule has 1 heterocycles. The van der Waals surface area contributed by atoms with Crippen LogP contribution in [0.4, 0.5) is 18.9 Å². The summed E-state index contributed by atoms with van der Waals surface area (Å²) in [6.45, 7) is 0. The third-order valence-corrected chi connectivity index (χ3v) is 2.26. The monoisotopic (exact) mass is 201 g/mol. The predicted molar refractivity (Wildman–Crippen MR) is 44.1 cm³/mol. The zero-order valence-corrected chi connectivity index (χ0v) is 7.22. The standard InChI is InChI=1S/C9H6F3NO/c1-13-7-4-5(10)2-3-6(7)8(14)9(13,11)12/h2-4H,1H3. The minimum atomic E-state index is -3.56. The maximum absolute atomic E-state index is 13.1. The molecular formula is C9H6F3NO. The van der Waals surface area contributed by atoms with Crippen LogP contribution in [0, 0.1) is 5.82 Å². The van der Waals surface area contributed by atoms with E-state index in [0.717, 1.165) is 25.2 Å². The van der Waals surface area contributed by atoms with Gasteiger partial charge in [-0.15, -0.1) is 0 Å². The normalized spacial score (nSPS) is 18.6. The lowest BCUT2D eigenvalue weighted by Crippen LogP contribution is -2.39. The van der Waals surface area contributed by atoms with Crippen molar-refractivity contribution in [3.8, 4) is 0 Å². The molecule has 0 aromatic heterocycles. The van der Waals surface area contributed by atoms with Crippen molar-refractivity contribution in [2.24, 2.45) is 0 Å². The van der Waals surface area contributed by atoms with Gasteiger partial charge in [0.1, 0.15) is 5.82 Å². The summed E-state index contributed by atoms with van der Waals surface area (Å²) in [5.41, 5.74) is -0.209. The average Bonchev–Trinajstić information content (AvgIpc) is 2.29. The molecule has 0 N–H and O–H groups in total. The molecule has 0 bridgehead atoms. The van der Waals surface area contributed by atoms with E-state index in [4.69, 9.17) is 0 Å². The number of likely N-dealkylation sites (N-methyl/N-ethyl adjacent to an activating group) is 1. The predicted octanol–water partition coefficient (Wildman–Crippen LogP) is 2.05. The van der Waals surface area contributed by atoms with Crippen molar-refractivity contribution >= 4 is 11.5 Å². The third kappa shape index (κ3) is 0.950. The van der Waals surface area contributed by atoms with Crippen molar-refractivity contribution in [3.05, 3.63) is 29.6 Å². The Morgan fingerprint density at radius 2 is 2.00 bits per heavy atom. The van der Waals surface area contributed by atoms with Gasteiger partial charge in [-0.3, -0.25) is 4.79 Å². The van der Waals surface area contributed by atoms with Crippen molar-refractivity contribution in [3.63, 3.8) is 0 Å².